The molecule has 0 amide bonds. The van der Waals surface area contributed by atoms with E-state index in [1.54, 1.807) is 6.07 Å². The molecular weight excluding hydrogens is 221 g/mol. The number of halogens is 1. The highest BCUT2D eigenvalue weighted by Gasteiger charge is 2.22. The van der Waals surface area contributed by atoms with E-state index in [-0.39, 0.29) is 18.5 Å². The van der Waals surface area contributed by atoms with Crippen LogP contribution in [0.3, 0.4) is 0 Å². The van der Waals surface area contributed by atoms with Gasteiger partial charge in [-0.25, -0.2) is 4.39 Å². The second-order valence-electron chi connectivity index (χ2n) is 4.45. The summed E-state index contributed by atoms with van der Waals surface area (Å²) < 4.78 is 18.3. The number of hydrogen-bond acceptors (Lipinski definition) is 3. The first-order valence-corrected chi connectivity index (χ1v) is 5.88. The number of aryl methyl sites for hydroxylation is 1. The summed E-state index contributed by atoms with van der Waals surface area (Å²) >= 11 is 0. The summed E-state index contributed by atoms with van der Waals surface area (Å²) in [6.07, 6.45) is 0. The van der Waals surface area contributed by atoms with Gasteiger partial charge in [0.25, 0.3) is 0 Å². The molecule has 1 N–H and O–H groups in total. The third-order valence-corrected chi connectivity index (χ3v) is 3.24. The summed E-state index contributed by atoms with van der Waals surface area (Å²) in [6.45, 7) is 4.81. The number of aliphatic hydroxyl groups excluding tert-OH is 1. The van der Waals surface area contributed by atoms with E-state index >= 15 is 0 Å². The Kier molecular flexibility index (Phi) is 4.10. The lowest BCUT2D eigenvalue weighted by Gasteiger charge is -2.34. The molecule has 1 aliphatic heterocycles. The fourth-order valence-electron chi connectivity index (χ4n) is 2.12. The number of nitrogens with zero attached hydrogens (tertiary/aromatic N) is 1. The van der Waals surface area contributed by atoms with E-state index < -0.39 is 0 Å². The van der Waals surface area contributed by atoms with Crippen molar-refractivity contribution in [1.29, 1.82) is 0 Å². The topological polar surface area (TPSA) is 32.7 Å². The van der Waals surface area contributed by atoms with Crippen molar-refractivity contribution in [2.45, 2.75) is 19.5 Å². The highest BCUT2D eigenvalue weighted by molar-refractivity contribution is 5.26. The van der Waals surface area contributed by atoms with E-state index in [1.165, 1.54) is 6.07 Å². The van der Waals surface area contributed by atoms with Gasteiger partial charge in [0.05, 0.1) is 25.9 Å². The molecule has 0 aromatic heterocycles. The molecule has 0 radical (unpaired) electrons. The average Bonchev–Trinajstić information content (AvgIpc) is 2.33. The maximum atomic E-state index is 13.0. The first-order chi connectivity index (χ1) is 8.20. The van der Waals surface area contributed by atoms with Crippen LogP contribution in [0.15, 0.2) is 18.2 Å². The molecular formula is C13H18FNO2. The van der Waals surface area contributed by atoms with Crippen molar-refractivity contribution in [2.24, 2.45) is 0 Å². The molecule has 0 saturated carbocycles. The van der Waals surface area contributed by atoms with Gasteiger partial charge in [0.2, 0.25) is 0 Å². The number of hydrogen-bond donors (Lipinski definition) is 1. The van der Waals surface area contributed by atoms with E-state index in [1.807, 2.05) is 13.0 Å². The Morgan fingerprint density at radius 1 is 1.53 bits per heavy atom. The van der Waals surface area contributed by atoms with Crippen molar-refractivity contribution in [3.05, 3.63) is 35.1 Å². The van der Waals surface area contributed by atoms with Gasteiger partial charge in [-0.2, -0.15) is 0 Å². The molecule has 1 atom stereocenters. The fourth-order valence-corrected chi connectivity index (χ4v) is 2.12. The SMILES string of the molecule is Cc1cc(F)ccc1CN1CCOCC1CO. The maximum absolute atomic E-state index is 13.0. The summed E-state index contributed by atoms with van der Waals surface area (Å²) in [4.78, 5) is 2.18. The van der Waals surface area contributed by atoms with Crippen molar-refractivity contribution in [1.82, 2.24) is 4.90 Å². The highest BCUT2D eigenvalue weighted by atomic mass is 19.1. The normalized spacial score (nSPS) is 21.7. The molecule has 0 aliphatic carbocycles. The molecule has 4 heteroatoms. The van der Waals surface area contributed by atoms with Gasteiger partial charge >= 0.3 is 0 Å². The minimum absolute atomic E-state index is 0.0493. The molecule has 2 rings (SSSR count). The van der Waals surface area contributed by atoms with Gasteiger partial charge in [0, 0.05) is 13.1 Å². The summed E-state index contributed by atoms with van der Waals surface area (Å²) in [5, 5.41) is 9.27. The Hall–Kier alpha value is -0.970. The van der Waals surface area contributed by atoms with Crippen LogP contribution in [-0.4, -0.2) is 42.4 Å². The predicted molar refractivity (Wildman–Crippen MR) is 63.2 cm³/mol. The van der Waals surface area contributed by atoms with Gasteiger partial charge in [-0.15, -0.1) is 0 Å². The molecule has 1 aromatic carbocycles. The number of morpholine rings is 1. The molecule has 1 heterocycles. The summed E-state index contributed by atoms with van der Waals surface area (Å²) in [7, 11) is 0. The first kappa shape index (κ1) is 12.5. The van der Waals surface area contributed by atoms with Crippen LogP contribution in [0.4, 0.5) is 4.39 Å². The summed E-state index contributed by atoms with van der Waals surface area (Å²) in [5.74, 6) is -0.202. The van der Waals surface area contributed by atoms with E-state index in [2.05, 4.69) is 4.90 Å². The molecule has 3 nitrogen and oxygen atoms in total. The zero-order valence-corrected chi connectivity index (χ0v) is 10.0. The molecule has 1 fully saturated rings. The summed E-state index contributed by atoms with van der Waals surface area (Å²) in [5.41, 5.74) is 2.06. The molecule has 1 saturated heterocycles. The third kappa shape index (κ3) is 3.03. The van der Waals surface area contributed by atoms with E-state index in [4.69, 9.17) is 4.74 Å². The summed E-state index contributed by atoms with van der Waals surface area (Å²) in [6, 6.07) is 4.89. The lowest BCUT2D eigenvalue weighted by atomic mass is 10.1. The van der Waals surface area contributed by atoms with Crippen molar-refractivity contribution < 1.29 is 14.2 Å². The molecule has 1 aromatic rings. The van der Waals surface area contributed by atoms with Gasteiger partial charge in [-0.1, -0.05) is 6.07 Å². The van der Waals surface area contributed by atoms with E-state index in [0.29, 0.717) is 13.2 Å². The van der Waals surface area contributed by atoms with Crippen molar-refractivity contribution in [3.63, 3.8) is 0 Å². The standard InChI is InChI=1S/C13H18FNO2/c1-10-6-12(14)3-2-11(10)7-15-4-5-17-9-13(15)8-16/h2-3,6,13,16H,4-5,7-9H2,1H3. The Bertz CT molecular complexity index is 384. The zero-order valence-electron chi connectivity index (χ0n) is 10.0. The molecule has 1 aliphatic rings. The second-order valence-corrected chi connectivity index (χ2v) is 4.45. The van der Waals surface area contributed by atoms with Crippen molar-refractivity contribution in [3.8, 4) is 0 Å². The van der Waals surface area contributed by atoms with Crippen LogP contribution in [0.5, 0.6) is 0 Å². The van der Waals surface area contributed by atoms with Crippen molar-refractivity contribution >= 4 is 0 Å². The van der Waals surface area contributed by atoms with Crippen LogP contribution in [0.2, 0.25) is 0 Å². The minimum Gasteiger partial charge on any atom is -0.395 e. The number of ether oxygens (including phenoxy) is 1. The second kappa shape index (κ2) is 5.58. The predicted octanol–water partition coefficient (Wildman–Crippen LogP) is 1.33. The average molecular weight is 239 g/mol. The van der Waals surface area contributed by atoms with Crippen LogP contribution in [0.1, 0.15) is 11.1 Å². The lowest BCUT2D eigenvalue weighted by Crippen LogP contribution is -2.46. The van der Waals surface area contributed by atoms with Crippen LogP contribution in [-0.2, 0) is 11.3 Å². The number of rotatable bonds is 3. The Labute approximate surface area is 101 Å². The Morgan fingerprint density at radius 2 is 2.35 bits per heavy atom. The molecule has 1 unspecified atom stereocenters. The molecule has 94 valence electrons. The molecule has 17 heavy (non-hydrogen) atoms. The lowest BCUT2D eigenvalue weighted by molar-refractivity contribution is -0.0313. The van der Waals surface area contributed by atoms with Crippen LogP contribution >= 0.6 is 0 Å². The third-order valence-electron chi connectivity index (χ3n) is 3.24. The van der Waals surface area contributed by atoms with Crippen LogP contribution < -0.4 is 0 Å². The van der Waals surface area contributed by atoms with Gasteiger partial charge in [-0.3, -0.25) is 4.90 Å². The molecule has 0 bridgehead atoms. The van der Waals surface area contributed by atoms with Gasteiger partial charge in [0.1, 0.15) is 5.82 Å². The Morgan fingerprint density at radius 3 is 3.06 bits per heavy atom. The largest absolute Gasteiger partial charge is 0.395 e. The minimum atomic E-state index is -0.202. The number of aliphatic hydroxyl groups is 1. The zero-order chi connectivity index (χ0) is 12.3. The quantitative estimate of drug-likeness (QED) is 0.863. The maximum Gasteiger partial charge on any atom is 0.123 e. The van der Waals surface area contributed by atoms with Gasteiger partial charge in [-0.05, 0) is 30.2 Å². The Balaban J connectivity index is 2.08. The highest BCUT2D eigenvalue weighted by Crippen LogP contribution is 2.16. The van der Waals surface area contributed by atoms with E-state index in [9.17, 15) is 9.50 Å². The molecule has 0 spiro atoms. The van der Waals surface area contributed by atoms with Gasteiger partial charge in [0.15, 0.2) is 0 Å². The monoisotopic (exact) mass is 239 g/mol. The first-order valence-electron chi connectivity index (χ1n) is 5.88. The number of benzene rings is 1. The van der Waals surface area contributed by atoms with E-state index in [0.717, 1.165) is 24.2 Å². The van der Waals surface area contributed by atoms with Crippen LogP contribution in [0, 0.1) is 12.7 Å². The van der Waals surface area contributed by atoms with Crippen molar-refractivity contribution in [2.75, 3.05) is 26.4 Å². The van der Waals surface area contributed by atoms with Gasteiger partial charge < -0.3 is 9.84 Å². The fraction of sp³-hybridized carbons (Fsp3) is 0.538. The van der Waals surface area contributed by atoms with Crippen LogP contribution in [0.25, 0.3) is 0 Å². The smallest absolute Gasteiger partial charge is 0.123 e.